The van der Waals surface area contributed by atoms with Gasteiger partial charge in [-0.25, -0.2) is 13.2 Å². The summed E-state index contributed by atoms with van der Waals surface area (Å²) in [6.45, 7) is 2.98. The number of hydrogen-bond donors (Lipinski definition) is 0. The summed E-state index contributed by atoms with van der Waals surface area (Å²) in [5, 5.41) is 0. The van der Waals surface area contributed by atoms with E-state index < -0.39 is 9.84 Å². The van der Waals surface area contributed by atoms with E-state index in [1.807, 2.05) is 35.2 Å². The third-order valence-corrected chi connectivity index (χ3v) is 6.93. The van der Waals surface area contributed by atoms with Crippen LogP contribution in [0.2, 0.25) is 0 Å². The third kappa shape index (κ3) is 4.46. The molecule has 0 saturated carbocycles. The van der Waals surface area contributed by atoms with E-state index in [1.165, 1.54) is 6.26 Å². The topological polar surface area (TPSA) is 66.9 Å². The van der Waals surface area contributed by atoms with E-state index in [0.717, 1.165) is 43.6 Å². The molecule has 0 bridgehead atoms. The lowest BCUT2D eigenvalue weighted by molar-refractivity contribution is 0.104. The molecule has 0 radical (unpaired) electrons. The van der Waals surface area contributed by atoms with Crippen LogP contribution in [0, 0.1) is 0 Å². The predicted octanol–water partition coefficient (Wildman–Crippen LogP) is 3.25. The average Bonchev–Trinajstić information content (AvgIpc) is 3.10. The predicted molar refractivity (Wildman–Crippen MR) is 110 cm³/mol. The number of hydrogen-bond acceptors (Lipinski definition) is 5. The third-order valence-electron chi connectivity index (χ3n) is 5.80. The van der Waals surface area contributed by atoms with E-state index in [-0.39, 0.29) is 18.2 Å². The fraction of sp³-hybridized carbons (Fsp3) is 0.409. The molecule has 0 spiro atoms. The fourth-order valence-electron chi connectivity index (χ4n) is 4.22. The summed E-state index contributed by atoms with van der Waals surface area (Å²) < 4.78 is 28.6. The van der Waals surface area contributed by atoms with Gasteiger partial charge >= 0.3 is 6.09 Å². The number of amides is 1. The Bertz CT molecular complexity index is 952. The summed E-state index contributed by atoms with van der Waals surface area (Å²) in [6, 6.07) is 17.3. The Labute approximate surface area is 172 Å². The van der Waals surface area contributed by atoms with Crippen molar-refractivity contribution in [2.75, 3.05) is 26.0 Å². The average molecular weight is 415 g/mol. The zero-order chi connectivity index (χ0) is 20.4. The monoisotopic (exact) mass is 414 g/mol. The number of carbonyl (C=O) groups excluding carboxylic acids is 1. The van der Waals surface area contributed by atoms with Crippen molar-refractivity contribution in [1.82, 2.24) is 9.80 Å². The molecule has 154 valence electrons. The molecule has 2 aliphatic heterocycles. The van der Waals surface area contributed by atoms with Crippen LogP contribution in [0.25, 0.3) is 0 Å². The highest BCUT2D eigenvalue weighted by atomic mass is 32.2. The SMILES string of the molecule is CS(=O)(=O)c1ccc(CN2CCC(N3C(=O)OCC3c3ccccc3)CC2)cc1. The molecule has 0 N–H and O–H groups in total. The van der Waals surface area contributed by atoms with Gasteiger partial charge in [-0.3, -0.25) is 9.80 Å². The zero-order valence-electron chi connectivity index (χ0n) is 16.5. The largest absolute Gasteiger partial charge is 0.447 e. The van der Waals surface area contributed by atoms with Crippen molar-refractivity contribution in [3.63, 3.8) is 0 Å². The van der Waals surface area contributed by atoms with Gasteiger partial charge in [0, 0.05) is 31.9 Å². The van der Waals surface area contributed by atoms with E-state index in [4.69, 9.17) is 4.74 Å². The molecule has 6 nitrogen and oxygen atoms in total. The second kappa shape index (κ2) is 8.16. The second-order valence-electron chi connectivity index (χ2n) is 7.83. The lowest BCUT2D eigenvalue weighted by atomic mass is 9.99. The molecular formula is C22H26N2O4S. The second-order valence-corrected chi connectivity index (χ2v) is 9.85. The van der Waals surface area contributed by atoms with Crippen LogP contribution in [0.1, 0.15) is 30.0 Å². The molecule has 2 aliphatic rings. The lowest BCUT2D eigenvalue weighted by Crippen LogP contribution is -2.45. The number of likely N-dealkylation sites (tertiary alicyclic amines) is 1. The van der Waals surface area contributed by atoms with Gasteiger partial charge in [-0.15, -0.1) is 0 Å². The van der Waals surface area contributed by atoms with Crippen LogP contribution in [0.4, 0.5) is 4.79 Å². The quantitative estimate of drug-likeness (QED) is 0.751. The summed E-state index contributed by atoms with van der Waals surface area (Å²) in [5.41, 5.74) is 2.21. The number of carbonyl (C=O) groups is 1. The maximum Gasteiger partial charge on any atom is 0.410 e. The highest BCUT2D eigenvalue weighted by molar-refractivity contribution is 7.90. The van der Waals surface area contributed by atoms with Crippen LogP contribution < -0.4 is 0 Å². The first-order chi connectivity index (χ1) is 13.9. The maximum atomic E-state index is 12.4. The molecule has 4 rings (SSSR count). The summed E-state index contributed by atoms with van der Waals surface area (Å²) in [7, 11) is -3.17. The standard InChI is InChI=1S/C22H26N2O4S/c1-29(26,27)20-9-7-17(8-10-20)15-23-13-11-19(12-14-23)24-21(16-28-22(24)25)18-5-3-2-4-6-18/h2-10,19,21H,11-16H2,1H3. The van der Waals surface area contributed by atoms with Crippen molar-refractivity contribution in [2.45, 2.75) is 36.4 Å². The van der Waals surface area contributed by atoms with Gasteiger partial charge in [-0.05, 0) is 36.1 Å². The Morgan fingerprint density at radius 3 is 2.28 bits per heavy atom. The molecule has 1 atom stereocenters. The Balaban J connectivity index is 1.37. The molecule has 2 heterocycles. The van der Waals surface area contributed by atoms with Gasteiger partial charge in [0.05, 0.1) is 10.9 Å². The number of nitrogens with zero attached hydrogens (tertiary/aromatic N) is 2. The van der Waals surface area contributed by atoms with Crippen molar-refractivity contribution in [1.29, 1.82) is 0 Å². The first-order valence-corrected chi connectivity index (χ1v) is 11.8. The summed E-state index contributed by atoms with van der Waals surface area (Å²) >= 11 is 0. The van der Waals surface area contributed by atoms with Gasteiger partial charge < -0.3 is 4.74 Å². The first-order valence-electron chi connectivity index (χ1n) is 9.93. The minimum Gasteiger partial charge on any atom is -0.447 e. The normalized spacial score (nSPS) is 21.3. The Kier molecular flexibility index (Phi) is 5.61. The number of cyclic esters (lactones) is 1. The molecule has 1 unspecified atom stereocenters. The van der Waals surface area contributed by atoms with Crippen LogP contribution in [0.3, 0.4) is 0 Å². The lowest BCUT2D eigenvalue weighted by Gasteiger charge is -2.38. The molecule has 0 aromatic heterocycles. The Morgan fingerprint density at radius 2 is 1.66 bits per heavy atom. The molecule has 7 heteroatoms. The van der Waals surface area contributed by atoms with Crippen LogP contribution >= 0.6 is 0 Å². The molecule has 2 aromatic rings. The summed E-state index contributed by atoms with van der Waals surface area (Å²) in [6.07, 6.45) is 2.81. The molecule has 2 fully saturated rings. The molecule has 0 aliphatic carbocycles. The van der Waals surface area contributed by atoms with Gasteiger partial charge in [-0.1, -0.05) is 42.5 Å². The fourth-order valence-corrected chi connectivity index (χ4v) is 4.85. The van der Waals surface area contributed by atoms with Crippen molar-refractivity contribution < 1.29 is 17.9 Å². The number of benzene rings is 2. The van der Waals surface area contributed by atoms with Gasteiger partial charge in [0.1, 0.15) is 6.61 Å². The minimum absolute atomic E-state index is 0.0104. The number of ether oxygens (including phenoxy) is 1. The molecular weight excluding hydrogens is 388 g/mol. The molecule has 29 heavy (non-hydrogen) atoms. The van der Waals surface area contributed by atoms with E-state index in [9.17, 15) is 13.2 Å². The van der Waals surface area contributed by atoms with Crippen molar-refractivity contribution in [2.24, 2.45) is 0 Å². The summed E-state index contributed by atoms with van der Waals surface area (Å²) in [5.74, 6) is 0. The number of sulfone groups is 1. The smallest absolute Gasteiger partial charge is 0.410 e. The number of piperidine rings is 1. The van der Waals surface area contributed by atoms with E-state index in [1.54, 1.807) is 12.1 Å². The Hall–Kier alpha value is -2.38. The minimum atomic E-state index is -3.17. The highest BCUT2D eigenvalue weighted by Crippen LogP contribution is 2.33. The molecule has 2 aromatic carbocycles. The van der Waals surface area contributed by atoms with Gasteiger partial charge in [0.15, 0.2) is 9.84 Å². The van der Waals surface area contributed by atoms with Crippen molar-refractivity contribution in [3.8, 4) is 0 Å². The van der Waals surface area contributed by atoms with Gasteiger partial charge in [-0.2, -0.15) is 0 Å². The van der Waals surface area contributed by atoms with Crippen LogP contribution in [-0.2, 0) is 21.1 Å². The Morgan fingerprint density at radius 1 is 1.00 bits per heavy atom. The van der Waals surface area contributed by atoms with Crippen LogP contribution in [0.5, 0.6) is 0 Å². The zero-order valence-corrected chi connectivity index (χ0v) is 17.3. The van der Waals surface area contributed by atoms with E-state index in [0.29, 0.717) is 11.5 Å². The summed E-state index contributed by atoms with van der Waals surface area (Å²) in [4.78, 5) is 17.0. The first kappa shape index (κ1) is 19.9. The van der Waals surface area contributed by atoms with Crippen molar-refractivity contribution >= 4 is 15.9 Å². The van der Waals surface area contributed by atoms with Crippen LogP contribution in [-0.4, -0.2) is 56.3 Å². The van der Waals surface area contributed by atoms with E-state index in [2.05, 4.69) is 17.0 Å². The highest BCUT2D eigenvalue weighted by Gasteiger charge is 2.40. The van der Waals surface area contributed by atoms with E-state index >= 15 is 0 Å². The number of rotatable bonds is 5. The van der Waals surface area contributed by atoms with Crippen molar-refractivity contribution in [3.05, 3.63) is 65.7 Å². The van der Waals surface area contributed by atoms with Gasteiger partial charge in [0.2, 0.25) is 0 Å². The maximum absolute atomic E-state index is 12.4. The van der Waals surface area contributed by atoms with Crippen LogP contribution in [0.15, 0.2) is 59.5 Å². The molecule has 2 saturated heterocycles. The molecule has 1 amide bonds. The van der Waals surface area contributed by atoms with Gasteiger partial charge in [0.25, 0.3) is 0 Å².